The number of hydrogen-bond donors (Lipinski definition) is 0. The SMILES string of the molecule is C[C@H](C(=O)N(C)CCCN1CCCCCC1)n1cccn1. The highest BCUT2D eigenvalue weighted by Crippen LogP contribution is 2.11. The van der Waals surface area contributed by atoms with Crippen LogP contribution in [-0.2, 0) is 4.79 Å². The van der Waals surface area contributed by atoms with Crippen molar-refractivity contribution in [3.8, 4) is 0 Å². The Labute approximate surface area is 127 Å². The summed E-state index contributed by atoms with van der Waals surface area (Å²) in [5, 5.41) is 4.14. The summed E-state index contributed by atoms with van der Waals surface area (Å²) < 4.78 is 1.72. The van der Waals surface area contributed by atoms with Gasteiger partial charge in [0.15, 0.2) is 0 Å². The van der Waals surface area contributed by atoms with Crippen molar-refractivity contribution >= 4 is 5.91 Å². The zero-order valence-electron chi connectivity index (χ0n) is 13.4. The van der Waals surface area contributed by atoms with Crippen molar-refractivity contribution < 1.29 is 4.79 Å². The summed E-state index contributed by atoms with van der Waals surface area (Å²) in [5.41, 5.74) is 0. The average Bonchev–Trinajstić information content (AvgIpc) is 2.90. The van der Waals surface area contributed by atoms with Crippen molar-refractivity contribution in [2.24, 2.45) is 0 Å². The van der Waals surface area contributed by atoms with Crippen molar-refractivity contribution in [3.05, 3.63) is 18.5 Å². The Balaban J connectivity index is 1.71. The van der Waals surface area contributed by atoms with Gasteiger partial charge in [-0.1, -0.05) is 12.8 Å². The number of nitrogens with zero attached hydrogens (tertiary/aromatic N) is 4. The molecular formula is C16H28N4O. The molecule has 118 valence electrons. The van der Waals surface area contributed by atoms with Crippen molar-refractivity contribution in [2.75, 3.05) is 33.2 Å². The topological polar surface area (TPSA) is 41.4 Å². The Morgan fingerprint density at radius 1 is 1.29 bits per heavy atom. The zero-order chi connectivity index (χ0) is 15.1. The summed E-state index contributed by atoms with van der Waals surface area (Å²) in [7, 11) is 1.89. The largest absolute Gasteiger partial charge is 0.344 e. The van der Waals surface area contributed by atoms with Gasteiger partial charge in [-0.3, -0.25) is 9.48 Å². The Morgan fingerprint density at radius 3 is 2.62 bits per heavy atom. The summed E-state index contributed by atoms with van der Waals surface area (Å²) in [6.45, 7) is 6.28. The highest BCUT2D eigenvalue weighted by Gasteiger charge is 2.19. The lowest BCUT2D eigenvalue weighted by Gasteiger charge is -2.24. The number of amides is 1. The Bertz CT molecular complexity index is 410. The molecule has 0 radical (unpaired) electrons. The van der Waals surface area contributed by atoms with Gasteiger partial charge in [0.1, 0.15) is 6.04 Å². The van der Waals surface area contributed by atoms with Gasteiger partial charge < -0.3 is 9.80 Å². The predicted molar refractivity (Wildman–Crippen MR) is 84.1 cm³/mol. The van der Waals surface area contributed by atoms with E-state index in [0.717, 1.165) is 19.5 Å². The smallest absolute Gasteiger partial charge is 0.246 e. The van der Waals surface area contributed by atoms with Gasteiger partial charge in [-0.05, 0) is 51.9 Å². The standard InChI is InChI=1S/C16H28N4O/c1-15(20-14-7-9-17-20)16(21)18(2)10-8-13-19-11-5-3-4-6-12-19/h7,9,14-15H,3-6,8,10-13H2,1-2H3/t15-/m1/s1. The van der Waals surface area contributed by atoms with E-state index in [2.05, 4.69) is 10.00 Å². The van der Waals surface area contributed by atoms with E-state index in [9.17, 15) is 4.79 Å². The second-order valence-corrected chi connectivity index (χ2v) is 6.03. The first kappa shape index (κ1) is 16.0. The van der Waals surface area contributed by atoms with Crippen LogP contribution in [0, 0.1) is 0 Å². The number of carbonyl (C=O) groups excluding carboxylic acids is 1. The third-order valence-electron chi connectivity index (χ3n) is 4.32. The molecule has 2 heterocycles. The minimum Gasteiger partial charge on any atom is -0.344 e. The molecule has 0 bridgehead atoms. The Kier molecular flexibility index (Phi) is 6.23. The van der Waals surface area contributed by atoms with Crippen LogP contribution in [0.25, 0.3) is 0 Å². The number of aromatic nitrogens is 2. The minimum absolute atomic E-state index is 0.134. The summed E-state index contributed by atoms with van der Waals surface area (Å²) in [5.74, 6) is 0.134. The van der Waals surface area contributed by atoms with Gasteiger partial charge in [0.05, 0.1) is 0 Å². The molecule has 1 fully saturated rings. The molecule has 0 spiro atoms. The third-order valence-corrected chi connectivity index (χ3v) is 4.32. The van der Waals surface area contributed by atoms with Gasteiger partial charge in [-0.15, -0.1) is 0 Å². The molecule has 0 unspecified atom stereocenters. The number of hydrogen-bond acceptors (Lipinski definition) is 3. The number of carbonyl (C=O) groups is 1. The molecule has 0 aromatic carbocycles. The van der Waals surface area contributed by atoms with E-state index >= 15 is 0 Å². The first-order valence-electron chi connectivity index (χ1n) is 8.15. The van der Waals surface area contributed by atoms with E-state index < -0.39 is 0 Å². The first-order chi connectivity index (χ1) is 10.2. The van der Waals surface area contributed by atoms with Gasteiger partial charge in [0.25, 0.3) is 0 Å². The summed E-state index contributed by atoms with van der Waals surface area (Å²) in [6.07, 6.45) is 9.99. The monoisotopic (exact) mass is 292 g/mol. The lowest BCUT2D eigenvalue weighted by atomic mass is 10.2. The van der Waals surface area contributed by atoms with Crippen LogP contribution in [0.2, 0.25) is 0 Å². The molecule has 1 atom stereocenters. The number of likely N-dealkylation sites (N-methyl/N-ethyl adjacent to an activating group) is 1. The van der Waals surface area contributed by atoms with Crippen LogP contribution >= 0.6 is 0 Å². The van der Waals surface area contributed by atoms with Crippen LogP contribution in [0.5, 0.6) is 0 Å². The molecule has 1 aromatic rings. The highest BCUT2D eigenvalue weighted by molar-refractivity contribution is 5.79. The maximum atomic E-state index is 12.3. The molecule has 0 N–H and O–H groups in total. The van der Waals surface area contributed by atoms with Crippen molar-refractivity contribution in [1.29, 1.82) is 0 Å². The normalized spacial score (nSPS) is 18.2. The molecule has 1 aromatic heterocycles. The Morgan fingerprint density at radius 2 is 2.00 bits per heavy atom. The fraction of sp³-hybridized carbons (Fsp3) is 0.750. The van der Waals surface area contributed by atoms with E-state index in [-0.39, 0.29) is 11.9 Å². The minimum atomic E-state index is -0.219. The van der Waals surface area contributed by atoms with Crippen LogP contribution in [0.3, 0.4) is 0 Å². The predicted octanol–water partition coefficient (Wildman–Crippen LogP) is 2.17. The van der Waals surface area contributed by atoms with Crippen LogP contribution < -0.4 is 0 Å². The lowest BCUT2D eigenvalue weighted by molar-refractivity contribution is -0.133. The molecule has 0 aliphatic carbocycles. The maximum Gasteiger partial charge on any atom is 0.246 e. The highest BCUT2D eigenvalue weighted by atomic mass is 16.2. The maximum absolute atomic E-state index is 12.3. The molecule has 1 amide bonds. The van der Waals surface area contributed by atoms with Crippen molar-refractivity contribution in [2.45, 2.75) is 45.1 Å². The van der Waals surface area contributed by atoms with Gasteiger partial charge in [0, 0.05) is 26.0 Å². The van der Waals surface area contributed by atoms with Gasteiger partial charge in [0.2, 0.25) is 5.91 Å². The molecule has 1 saturated heterocycles. The lowest BCUT2D eigenvalue weighted by Crippen LogP contribution is -2.36. The second kappa shape index (κ2) is 8.17. The van der Waals surface area contributed by atoms with E-state index in [4.69, 9.17) is 0 Å². The first-order valence-corrected chi connectivity index (χ1v) is 8.15. The van der Waals surface area contributed by atoms with E-state index in [1.54, 1.807) is 10.9 Å². The number of likely N-dealkylation sites (tertiary alicyclic amines) is 1. The zero-order valence-corrected chi connectivity index (χ0v) is 13.4. The van der Waals surface area contributed by atoms with E-state index in [1.165, 1.54) is 38.8 Å². The van der Waals surface area contributed by atoms with E-state index in [0.29, 0.717) is 0 Å². The molecule has 1 aliphatic heterocycles. The van der Waals surface area contributed by atoms with Crippen molar-refractivity contribution in [3.63, 3.8) is 0 Å². The molecular weight excluding hydrogens is 264 g/mol. The number of rotatable bonds is 6. The quantitative estimate of drug-likeness (QED) is 0.807. The summed E-state index contributed by atoms with van der Waals surface area (Å²) in [6, 6.07) is 1.63. The third kappa shape index (κ3) is 4.84. The average molecular weight is 292 g/mol. The van der Waals surface area contributed by atoms with Crippen LogP contribution in [0.4, 0.5) is 0 Å². The fourth-order valence-corrected chi connectivity index (χ4v) is 2.94. The van der Waals surface area contributed by atoms with Crippen LogP contribution in [0.1, 0.15) is 45.1 Å². The molecule has 1 aliphatic rings. The van der Waals surface area contributed by atoms with Crippen LogP contribution in [-0.4, -0.2) is 58.7 Å². The summed E-state index contributed by atoms with van der Waals surface area (Å²) in [4.78, 5) is 16.7. The van der Waals surface area contributed by atoms with E-state index in [1.807, 2.05) is 31.1 Å². The van der Waals surface area contributed by atoms with Gasteiger partial charge in [-0.2, -0.15) is 5.10 Å². The molecule has 5 nitrogen and oxygen atoms in total. The molecule has 5 heteroatoms. The van der Waals surface area contributed by atoms with Crippen molar-refractivity contribution in [1.82, 2.24) is 19.6 Å². The molecule has 0 saturated carbocycles. The second-order valence-electron chi connectivity index (χ2n) is 6.03. The van der Waals surface area contributed by atoms with Gasteiger partial charge >= 0.3 is 0 Å². The van der Waals surface area contributed by atoms with Gasteiger partial charge in [-0.25, -0.2) is 0 Å². The Hall–Kier alpha value is -1.36. The fourth-order valence-electron chi connectivity index (χ4n) is 2.94. The molecule has 2 rings (SSSR count). The summed E-state index contributed by atoms with van der Waals surface area (Å²) >= 11 is 0. The van der Waals surface area contributed by atoms with Crippen LogP contribution in [0.15, 0.2) is 18.5 Å². The molecule has 21 heavy (non-hydrogen) atoms.